The first-order chi connectivity index (χ1) is 11.2. The van der Waals surface area contributed by atoms with Gasteiger partial charge in [0.1, 0.15) is 0 Å². The number of nitrogens with one attached hydrogen (secondary N) is 1. The lowest BCUT2D eigenvalue weighted by molar-refractivity contribution is -0.119. The predicted octanol–water partition coefficient (Wildman–Crippen LogP) is 2.89. The van der Waals surface area contributed by atoms with Gasteiger partial charge in [-0.15, -0.1) is 10.2 Å². The molecule has 1 aliphatic heterocycles. The summed E-state index contributed by atoms with van der Waals surface area (Å²) in [5.74, 6) is 0.619. The Morgan fingerprint density at radius 1 is 1.43 bits per heavy atom. The second kappa shape index (κ2) is 7.94. The van der Waals surface area contributed by atoms with E-state index in [9.17, 15) is 4.79 Å². The molecule has 122 valence electrons. The molecule has 1 aromatic heterocycles. The number of thioether (sulfide) groups is 1. The second-order valence-electron chi connectivity index (χ2n) is 5.11. The number of aromatic nitrogens is 2. The van der Waals surface area contributed by atoms with E-state index >= 15 is 0 Å². The summed E-state index contributed by atoms with van der Waals surface area (Å²) in [6.07, 6.45) is 2.22. The van der Waals surface area contributed by atoms with Crippen molar-refractivity contribution in [3.63, 3.8) is 0 Å². The van der Waals surface area contributed by atoms with Crippen LogP contribution in [0.3, 0.4) is 0 Å². The van der Waals surface area contributed by atoms with Crippen LogP contribution in [0.15, 0.2) is 38.4 Å². The SMILES string of the molecule is O=C(CSc1nnc(-c2cccc(Br)c2)o1)NC[C@H]1CCCO1. The van der Waals surface area contributed by atoms with Gasteiger partial charge in [0.25, 0.3) is 5.22 Å². The predicted molar refractivity (Wildman–Crippen MR) is 90.1 cm³/mol. The van der Waals surface area contributed by atoms with Gasteiger partial charge in [-0.1, -0.05) is 33.8 Å². The van der Waals surface area contributed by atoms with Crippen molar-refractivity contribution in [1.82, 2.24) is 15.5 Å². The second-order valence-corrected chi connectivity index (χ2v) is 6.95. The Kier molecular flexibility index (Phi) is 5.69. The van der Waals surface area contributed by atoms with Crippen molar-refractivity contribution in [3.8, 4) is 11.5 Å². The van der Waals surface area contributed by atoms with Gasteiger partial charge in [-0.3, -0.25) is 4.79 Å². The molecule has 2 aromatic rings. The van der Waals surface area contributed by atoms with Crippen LogP contribution in [0.5, 0.6) is 0 Å². The van der Waals surface area contributed by atoms with E-state index in [0.717, 1.165) is 29.5 Å². The normalized spacial score (nSPS) is 17.3. The van der Waals surface area contributed by atoms with Gasteiger partial charge in [0.2, 0.25) is 11.8 Å². The number of halogens is 1. The monoisotopic (exact) mass is 397 g/mol. The van der Waals surface area contributed by atoms with Crippen LogP contribution < -0.4 is 5.32 Å². The summed E-state index contributed by atoms with van der Waals surface area (Å²) < 4.78 is 12.0. The van der Waals surface area contributed by atoms with Crippen molar-refractivity contribution in [2.24, 2.45) is 0 Å². The summed E-state index contributed by atoms with van der Waals surface area (Å²) in [5.41, 5.74) is 0.835. The van der Waals surface area contributed by atoms with E-state index in [0.29, 0.717) is 17.7 Å². The van der Waals surface area contributed by atoms with Crippen molar-refractivity contribution in [1.29, 1.82) is 0 Å². The summed E-state index contributed by atoms with van der Waals surface area (Å²) in [5, 5.41) is 11.2. The molecule has 23 heavy (non-hydrogen) atoms. The first-order valence-electron chi connectivity index (χ1n) is 7.31. The summed E-state index contributed by atoms with van der Waals surface area (Å²) >= 11 is 4.63. The topological polar surface area (TPSA) is 77.2 Å². The van der Waals surface area contributed by atoms with E-state index in [-0.39, 0.29) is 17.8 Å². The van der Waals surface area contributed by atoms with Crippen LogP contribution in [0.4, 0.5) is 0 Å². The molecule has 0 unspecified atom stereocenters. The quantitative estimate of drug-likeness (QED) is 0.755. The van der Waals surface area contributed by atoms with Crippen molar-refractivity contribution < 1.29 is 13.9 Å². The fraction of sp³-hybridized carbons (Fsp3) is 0.400. The van der Waals surface area contributed by atoms with E-state index < -0.39 is 0 Å². The van der Waals surface area contributed by atoms with Crippen LogP contribution in [-0.4, -0.2) is 41.1 Å². The zero-order valence-electron chi connectivity index (χ0n) is 12.3. The lowest BCUT2D eigenvalue weighted by atomic mass is 10.2. The summed E-state index contributed by atoms with van der Waals surface area (Å²) in [6.45, 7) is 1.35. The average molecular weight is 398 g/mol. The third kappa shape index (κ3) is 4.79. The van der Waals surface area contributed by atoms with Crippen LogP contribution in [0.2, 0.25) is 0 Å². The van der Waals surface area contributed by atoms with Gasteiger partial charge in [0, 0.05) is 23.2 Å². The minimum absolute atomic E-state index is 0.0623. The largest absolute Gasteiger partial charge is 0.411 e. The molecule has 1 amide bonds. The molecular weight excluding hydrogens is 382 g/mol. The molecule has 0 saturated carbocycles. The number of amides is 1. The molecule has 6 nitrogen and oxygen atoms in total. The third-order valence-corrected chi connectivity index (χ3v) is 4.67. The molecule has 0 aliphatic carbocycles. The minimum atomic E-state index is -0.0623. The van der Waals surface area contributed by atoms with Crippen LogP contribution in [0.1, 0.15) is 12.8 Å². The first kappa shape index (κ1) is 16.5. The molecule has 1 N–H and O–H groups in total. The molecule has 2 heterocycles. The molecule has 1 aromatic carbocycles. The minimum Gasteiger partial charge on any atom is -0.411 e. The van der Waals surface area contributed by atoms with E-state index in [2.05, 4.69) is 31.4 Å². The maximum atomic E-state index is 11.8. The number of rotatable bonds is 6. The van der Waals surface area contributed by atoms with Gasteiger partial charge in [0.05, 0.1) is 11.9 Å². The Morgan fingerprint density at radius 2 is 2.35 bits per heavy atom. The fourth-order valence-electron chi connectivity index (χ4n) is 2.22. The van der Waals surface area contributed by atoms with Gasteiger partial charge in [-0.25, -0.2) is 0 Å². The van der Waals surface area contributed by atoms with Crippen LogP contribution >= 0.6 is 27.7 Å². The molecule has 1 fully saturated rings. The fourth-order valence-corrected chi connectivity index (χ4v) is 3.21. The standard InChI is InChI=1S/C15H16BrN3O3S/c16-11-4-1-3-10(7-11)14-18-19-15(22-14)23-9-13(20)17-8-12-5-2-6-21-12/h1,3-4,7,12H,2,5-6,8-9H2,(H,17,20)/t12-/m1/s1. The lowest BCUT2D eigenvalue weighted by Crippen LogP contribution is -2.32. The Hall–Kier alpha value is -1.38. The number of hydrogen-bond donors (Lipinski definition) is 1. The van der Waals surface area contributed by atoms with E-state index in [4.69, 9.17) is 9.15 Å². The molecule has 1 aliphatic rings. The van der Waals surface area contributed by atoms with Crippen LogP contribution in [-0.2, 0) is 9.53 Å². The Balaban J connectivity index is 1.48. The maximum Gasteiger partial charge on any atom is 0.277 e. The molecule has 8 heteroatoms. The number of ether oxygens (including phenoxy) is 1. The zero-order chi connectivity index (χ0) is 16.1. The summed E-state index contributed by atoms with van der Waals surface area (Å²) in [6, 6.07) is 7.61. The summed E-state index contributed by atoms with van der Waals surface area (Å²) in [4.78, 5) is 11.8. The van der Waals surface area contributed by atoms with E-state index in [1.807, 2.05) is 24.3 Å². The molecule has 0 radical (unpaired) electrons. The lowest BCUT2D eigenvalue weighted by Gasteiger charge is -2.09. The summed E-state index contributed by atoms with van der Waals surface area (Å²) in [7, 11) is 0. The number of carbonyl (C=O) groups is 1. The Morgan fingerprint density at radius 3 is 3.13 bits per heavy atom. The van der Waals surface area contributed by atoms with E-state index in [1.165, 1.54) is 11.8 Å². The molecule has 0 spiro atoms. The zero-order valence-corrected chi connectivity index (χ0v) is 14.7. The van der Waals surface area contributed by atoms with Crippen molar-refractivity contribution in [3.05, 3.63) is 28.7 Å². The number of benzene rings is 1. The maximum absolute atomic E-state index is 11.8. The van der Waals surface area contributed by atoms with Crippen molar-refractivity contribution in [2.45, 2.75) is 24.2 Å². The highest BCUT2D eigenvalue weighted by Crippen LogP contribution is 2.25. The van der Waals surface area contributed by atoms with E-state index in [1.54, 1.807) is 0 Å². The molecule has 0 bridgehead atoms. The third-order valence-electron chi connectivity index (χ3n) is 3.36. The van der Waals surface area contributed by atoms with Crippen LogP contribution in [0, 0.1) is 0 Å². The highest BCUT2D eigenvalue weighted by molar-refractivity contribution is 9.10. The van der Waals surface area contributed by atoms with Gasteiger partial charge in [-0.05, 0) is 31.0 Å². The number of hydrogen-bond acceptors (Lipinski definition) is 6. The van der Waals surface area contributed by atoms with Gasteiger partial charge < -0.3 is 14.5 Å². The molecule has 1 saturated heterocycles. The molecular formula is C15H16BrN3O3S. The number of carbonyl (C=O) groups excluding carboxylic acids is 1. The van der Waals surface area contributed by atoms with Gasteiger partial charge >= 0.3 is 0 Å². The highest BCUT2D eigenvalue weighted by atomic mass is 79.9. The smallest absolute Gasteiger partial charge is 0.277 e. The number of nitrogens with zero attached hydrogens (tertiary/aromatic N) is 2. The van der Waals surface area contributed by atoms with Crippen molar-refractivity contribution >= 4 is 33.6 Å². The van der Waals surface area contributed by atoms with Gasteiger partial charge in [-0.2, -0.15) is 0 Å². The molecule has 1 atom stereocenters. The average Bonchev–Trinajstić information content (AvgIpc) is 3.22. The Labute approximate surface area is 146 Å². The Bertz CT molecular complexity index is 673. The van der Waals surface area contributed by atoms with Crippen LogP contribution in [0.25, 0.3) is 11.5 Å². The molecule has 3 rings (SSSR count). The van der Waals surface area contributed by atoms with Crippen molar-refractivity contribution in [2.75, 3.05) is 18.9 Å². The highest BCUT2D eigenvalue weighted by Gasteiger charge is 2.17. The first-order valence-corrected chi connectivity index (χ1v) is 9.09. The van der Waals surface area contributed by atoms with Gasteiger partial charge in [0.15, 0.2) is 0 Å².